The van der Waals surface area contributed by atoms with Crippen molar-refractivity contribution in [1.82, 2.24) is 15.2 Å². The molecule has 0 fully saturated rings. The van der Waals surface area contributed by atoms with Crippen LogP contribution in [0.15, 0.2) is 28.8 Å². The molecule has 0 aromatic carbocycles. The van der Waals surface area contributed by atoms with Crippen molar-refractivity contribution in [1.29, 1.82) is 0 Å². The third-order valence-corrected chi connectivity index (χ3v) is 1.52. The number of rotatable bonds is 2. The Morgan fingerprint density at radius 3 is 2.38 bits per heavy atom. The van der Waals surface area contributed by atoms with Crippen molar-refractivity contribution in [3.8, 4) is 11.6 Å². The Hall–Kier alpha value is -2.03. The minimum absolute atomic E-state index is 0. The Morgan fingerprint density at radius 1 is 1.12 bits per heavy atom. The first kappa shape index (κ1) is 16.4. The second-order valence-electron chi connectivity index (χ2n) is 2.38. The summed E-state index contributed by atoms with van der Waals surface area (Å²) in [4.78, 5) is 4.07. The summed E-state index contributed by atoms with van der Waals surface area (Å²) in [7, 11) is 1.72. The summed E-state index contributed by atoms with van der Waals surface area (Å²) in [5, 5.41) is 10.3. The number of pyridine rings is 1. The van der Waals surface area contributed by atoms with Gasteiger partial charge in [0.05, 0.1) is 0 Å². The monoisotopic (exact) mass is 230 g/mol. The van der Waals surface area contributed by atoms with Crippen molar-refractivity contribution in [3.63, 3.8) is 0 Å². The zero-order chi connectivity index (χ0) is 9.10. The summed E-state index contributed by atoms with van der Waals surface area (Å²) in [6, 6.07) is 5.90. The first-order valence-corrected chi connectivity index (χ1v) is 3.83. The van der Waals surface area contributed by atoms with Crippen LogP contribution in [0.25, 0.3) is 11.6 Å². The number of aromatic nitrogens is 3. The lowest BCUT2D eigenvalue weighted by atomic mass is 10.3. The molecule has 8 heteroatoms. The van der Waals surface area contributed by atoms with E-state index in [-0.39, 0.29) is 16.4 Å². The van der Waals surface area contributed by atoms with Gasteiger partial charge in [0.25, 0.3) is 5.89 Å². The van der Waals surface area contributed by atoms with E-state index in [1.165, 1.54) is 0 Å². The molecule has 90 valence electrons. The van der Waals surface area contributed by atoms with Gasteiger partial charge in [-0.2, -0.15) is 0 Å². The Balaban J connectivity index is 0. The molecular weight excluding hydrogens is 216 g/mol. The number of hydrogen-bond acceptors (Lipinski definition) is 5. The molecule has 0 amide bonds. The maximum atomic E-state index is 5.22. The average Bonchev–Trinajstić information content (AvgIpc) is 2.67. The van der Waals surface area contributed by atoms with Crippen LogP contribution in [0.5, 0.6) is 0 Å². The normalized spacial score (nSPS) is 8.06. The lowest BCUT2D eigenvalue weighted by molar-refractivity contribution is 0.583. The van der Waals surface area contributed by atoms with Gasteiger partial charge in [-0.3, -0.25) is 4.98 Å². The van der Waals surface area contributed by atoms with Crippen LogP contribution < -0.4 is 5.32 Å². The molecular formula is C8H14N4O4. The molecule has 0 aliphatic heterocycles. The Labute approximate surface area is 91.3 Å². The van der Waals surface area contributed by atoms with Gasteiger partial charge in [0.15, 0.2) is 0 Å². The lowest BCUT2D eigenvalue weighted by Gasteiger charge is -1.90. The summed E-state index contributed by atoms with van der Waals surface area (Å²) in [6.07, 6.45) is 1.68. The van der Waals surface area contributed by atoms with Crippen molar-refractivity contribution in [2.45, 2.75) is 0 Å². The van der Waals surface area contributed by atoms with Gasteiger partial charge in [0, 0.05) is 13.2 Å². The van der Waals surface area contributed by atoms with E-state index >= 15 is 0 Å². The van der Waals surface area contributed by atoms with Crippen LogP contribution in [0.1, 0.15) is 0 Å². The highest BCUT2D eigenvalue weighted by molar-refractivity contribution is 5.46. The third kappa shape index (κ3) is 3.28. The zero-order valence-corrected chi connectivity index (χ0v) is 8.56. The van der Waals surface area contributed by atoms with Gasteiger partial charge in [-0.25, -0.2) is 0 Å². The van der Waals surface area contributed by atoms with E-state index in [0.29, 0.717) is 17.6 Å². The SMILES string of the molecule is CNc1nnc(-c2ccccn2)o1.O.O.O. The highest BCUT2D eigenvalue weighted by Gasteiger charge is 2.06. The quantitative estimate of drug-likeness (QED) is 0.677. The van der Waals surface area contributed by atoms with Crippen LogP contribution in [-0.2, 0) is 0 Å². The van der Waals surface area contributed by atoms with E-state index in [2.05, 4.69) is 20.5 Å². The van der Waals surface area contributed by atoms with Gasteiger partial charge < -0.3 is 26.2 Å². The number of hydrogen-bond donors (Lipinski definition) is 1. The molecule has 0 aliphatic carbocycles. The Kier molecular flexibility index (Phi) is 7.47. The smallest absolute Gasteiger partial charge is 0.315 e. The molecule has 0 bridgehead atoms. The van der Waals surface area contributed by atoms with Crippen molar-refractivity contribution in [2.75, 3.05) is 12.4 Å². The van der Waals surface area contributed by atoms with Crippen molar-refractivity contribution < 1.29 is 20.8 Å². The van der Waals surface area contributed by atoms with E-state index in [9.17, 15) is 0 Å². The molecule has 0 radical (unpaired) electrons. The molecule has 0 spiro atoms. The highest BCUT2D eigenvalue weighted by atomic mass is 16.4. The molecule has 0 aliphatic rings. The predicted molar refractivity (Wildman–Crippen MR) is 57.9 cm³/mol. The first-order valence-electron chi connectivity index (χ1n) is 3.83. The third-order valence-electron chi connectivity index (χ3n) is 1.52. The minimum Gasteiger partial charge on any atom is -0.412 e. The molecule has 0 saturated heterocycles. The van der Waals surface area contributed by atoms with Gasteiger partial charge in [0.1, 0.15) is 5.69 Å². The van der Waals surface area contributed by atoms with Crippen molar-refractivity contribution in [3.05, 3.63) is 24.4 Å². The van der Waals surface area contributed by atoms with Crippen molar-refractivity contribution in [2.24, 2.45) is 0 Å². The molecule has 2 aromatic rings. The van der Waals surface area contributed by atoms with Gasteiger partial charge >= 0.3 is 6.01 Å². The number of anilines is 1. The molecule has 2 aromatic heterocycles. The molecule has 16 heavy (non-hydrogen) atoms. The fourth-order valence-electron chi connectivity index (χ4n) is 0.917. The van der Waals surface area contributed by atoms with Crippen LogP contribution in [0, 0.1) is 0 Å². The van der Waals surface area contributed by atoms with Crippen LogP contribution in [0.2, 0.25) is 0 Å². The largest absolute Gasteiger partial charge is 0.412 e. The summed E-state index contributed by atoms with van der Waals surface area (Å²) >= 11 is 0. The van der Waals surface area contributed by atoms with E-state index in [1.807, 2.05) is 18.2 Å². The average molecular weight is 230 g/mol. The molecule has 7 N–H and O–H groups in total. The molecule has 0 atom stereocenters. The van der Waals surface area contributed by atoms with Crippen LogP contribution in [0.4, 0.5) is 6.01 Å². The second kappa shape index (κ2) is 7.29. The fraction of sp³-hybridized carbons (Fsp3) is 0.125. The number of nitrogens with zero attached hydrogens (tertiary/aromatic N) is 3. The maximum absolute atomic E-state index is 5.22. The predicted octanol–water partition coefficient (Wildman–Crippen LogP) is -1.30. The maximum Gasteiger partial charge on any atom is 0.315 e. The van der Waals surface area contributed by atoms with Crippen LogP contribution >= 0.6 is 0 Å². The van der Waals surface area contributed by atoms with Gasteiger partial charge in [-0.15, -0.1) is 5.10 Å². The molecule has 0 unspecified atom stereocenters. The molecule has 2 heterocycles. The summed E-state index contributed by atoms with van der Waals surface area (Å²) < 4.78 is 5.22. The molecule has 2 rings (SSSR count). The highest BCUT2D eigenvalue weighted by Crippen LogP contribution is 2.15. The summed E-state index contributed by atoms with van der Waals surface area (Å²) in [6.45, 7) is 0. The number of nitrogens with one attached hydrogen (secondary N) is 1. The van der Waals surface area contributed by atoms with E-state index in [0.717, 1.165) is 0 Å². The summed E-state index contributed by atoms with van der Waals surface area (Å²) in [5.74, 6) is 0.421. The zero-order valence-electron chi connectivity index (χ0n) is 8.56. The Morgan fingerprint density at radius 2 is 1.88 bits per heavy atom. The topological polar surface area (TPSA) is 158 Å². The fourth-order valence-corrected chi connectivity index (χ4v) is 0.917. The molecule has 0 saturated carbocycles. The minimum atomic E-state index is 0. The second-order valence-corrected chi connectivity index (χ2v) is 2.38. The lowest BCUT2D eigenvalue weighted by Crippen LogP contribution is -1.85. The van der Waals surface area contributed by atoms with E-state index in [1.54, 1.807) is 13.2 Å². The van der Waals surface area contributed by atoms with E-state index in [4.69, 9.17) is 4.42 Å². The van der Waals surface area contributed by atoms with Gasteiger partial charge in [-0.05, 0) is 12.1 Å². The van der Waals surface area contributed by atoms with Crippen molar-refractivity contribution >= 4 is 6.01 Å². The molecule has 8 nitrogen and oxygen atoms in total. The van der Waals surface area contributed by atoms with Crippen LogP contribution in [-0.4, -0.2) is 38.7 Å². The van der Waals surface area contributed by atoms with Crippen LogP contribution in [0.3, 0.4) is 0 Å². The summed E-state index contributed by atoms with van der Waals surface area (Å²) in [5.41, 5.74) is 0.677. The van der Waals surface area contributed by atoms with Gasteiger partial charge in [0.2, 0.25) is 0 Å². The van der Waals surface area contributed by atoms with E-state index < -0.39 is 0 Å². The standard InChI is InChI=1S/C8H8N4O.3H2O/c1-9-8-12-11-7(13-8)6-4-2-3-5-10-6;;;/h2-5H,1H3,(H,9,12);3*1H2. The first-order chi connectivity index (χ1) is 6.40. The van der Waals surface area contributed by atoms with Gasteiger partial charge in [-0.1, -0.05) is 11.2 Å². The Bertz CT molecular complexity index is 392.